The molecule has 42 heavy (non-hydrogen) atoms. The first-order valence-corrected chi connectivity index (χ1v) is 12.8. The normalized spacial score (nSPS) is 12.4. The molecule has 2 aromatic heterocycles. The number of rotatable bonds is 10. The van der Waals surface area contributed by atoms with Crippen molar-refractivity contribution in [3.05, 3.63) is 59.2 Å². The second-order valence-corrected chi connectivity index (χ2v) is 9.70. The van der Waals surface area contributed by atoms with Gasteiger partial charge < -0.3 is 24.9 Å². The van der Waals surface area contributed by atoms with Gasteiger partial charge >= 0.3 is 18.2 Å². The van der Waals surface area contributed by atoms with E-state index in [9.17, 15) is 32.7 Å². The van der Waals surface area contributed by atoms with Gasteiger partial charge in [0.2, 0.25) is 5.82 Å². The Balaban J connectivity index is 1.48. The van der Waals surface area contributed by atoms with Gasteiger partial charge in [-0.25, -0.2) is 9.59 Å². The number of nitrogens with one attached hydrogen (secondary N) is 2. The zero-order valence-electron chi connectivity index (χ0n) is 22.7. The lowest BCUT2D eigenvalue weighted by Gasteiger charge is -2.17. The van der Waals surface area contributed by atoms with Gasteiger partial charge in [-0.2, -0.15) is 17.9 Å². The molecule has 0 aliphatic carbocycles. The summed E-state index contributed by atoms with van der Waals surface area (Å²) in [6, 6.07) is 8.61. The van der Waals surface area contributed by atoms with Crippen LogP contribution in [0.1, 0.15) is 48.7 Å². The van der Waals surface area contributed by atoms with Gasteiger partial charge in [-0.15, -0.1) is 5.10 Å². The predicted molar refractivity (Wildman–Crippen MR) is 142 cm³/mol. The van der Waals surface area contributed by atoms with Crippen LogP contribution in [0.3, 0.4) is 0 Å². The van der Waals surface area contributed by atoms with E-state index in [0.717, 1.165) is 10.7 Å². The highest BCUT2D eigenvalue weighted by atomic mass is 19.4. The van der Waals surface area contributed by atoms with Crippen molar-refractivity contribution in [2.24, 2.45) is 5.92 Å². The smallest absolute Gasteiger partial charge is 0.416 e. The van der Waals surface area contributed by atoms with Crippen molar-refractivity contribution < 1.29 is 41.8 Å². The van der Waals surface area contributed by atoms with E-state index in [2.05, 4.69) is 26.2 Å². The van der Waals surface area contributed by atoms with Crippen LogP contribution >= 0.6 is 0 Å². The number of halogens is 3. The minimum Gasteiger partial charge on any atom is -0.480 e. The molecule has 1 atom stereocenters. The SMILES string of the molecule is CCCc1ccc(NC(=O)c2ccc3cc(-c4nnnn4COC(=O)N[C@H](C(=O)O)C(C)C)oc3c2)cc1C(F)(F)F. The molecule has 2 amide bonds. The number of carboxylic acids is 1. The lowest BCUT2D eigenvalue weighted by molar-refractivity contribution is -0.140. The standard InChI is InChI=1S/C27H27F3N6O6/c1-4-5-15-8-9-18(12-19(15)27(28,29)30)31-24(37)17-7-6-16-10-21(42-20(16)11-17)23-33-34-35-36(23)13-41-26(40)32-22(14(2)3)25(38)39/h6-12,14,22H,4-5,13H2,1-3H3,(H,31,37)(H,32,40)(H,38,39)/t22-/m0/s1. The number of hydrogen-bond donors (Lipinski definition) is 3. The fraction of sp³-hybridized carbons (Fsp3) is 0.333. The molecular weight excluding hydrogens is 561 g/mol. The van der Waals surface area contributed by atoms with Gasteiger partial charge in [-0.1, -0.05) is 39.3 Å². The lowest BCUT2D eigenvalue weighted by atomic mass is 10.0. The first kappa shape index (κ1) is 30.0. The zero-order chi connectivity index (χ0) is 30.6. The number of carbonyl (C=O) groups excluding carboxylic acids is 2. The molecule has 0 bridgehead atoms. The summed E-state index contributed by atoms with van der Waals surface area (Å²) >= 11 is 0. The van der Waals surface area contributed by atoms with Crippen molar-refractivity contribution in [2.45, 2.75) is 52.6 Å². The van der Waals surface area contributed by atoms with E-state index >= 15 is 0 Å². The number of hydrogen-bond acceptors (Lipinski definition) is 8. The van der Waals surface area contributed by atoms with Gasteiger partial charge in [0.1, 0.15) is 11.6 Å². The molecule has 3 N–H and O–H groups in total. The average molecular weight is 589 g/mol. The van der Waals surface area contributed by atoms with E-state index in [0.29, 0.717) is 11.8 Å². The molecule has 0 unspecified atom stereocenters. The highest BCUT2D eigenvalue weighted by Crippen LogP contribution is 2.35. The molecule has 0 saturated heterocycles. The van der Waals surface area contributed by atoms with Crippen LogP contribution in [0.4, 0.5) is 23.7 Å². The Bertz CT molecular complexity index is 1610. The third-order valence-corrected chi connectivity index (χ3v) is 6.25. The highest BCUT2D eigenvalue weighted by molar-refractivity contribution is 6.06. The number of carbonyl (C=O) groups is 3. The van der Waals surface area contributed by atoms with Gasteiger partial charge in [-0.3, -0.25) is 4.79 Å². The second kappa shape index (κ2) is 12.3. The molecule has 12 nitrogen and oxygen atoms in total. The number of aliphatic carboxylic acids is 1. The summed E-state index contributed by atoms with van der Waals surface area (Å²) in [7, 11) is 0. The number of alkyl carbamates (subject to hydrolysis) is 1. The fourth-order valence-corrected chi connectivity index (χ4v) is 4.16. The maximum Gasteiger partial charge on any atom is 0.416 e. The van der Waals surface area contributed by atoms with Crippen molar-refractivity contribution in [2.75, 3.05) is 5.32 Å². The monoisotopic (exact) mass is 588 g/mol. The van der Waals surface area contributed by atoms with Crippen LogP contribution in [0.15, 0.2) is 46.9 Å². The molecule has 0 fully saturated rings. The first-order valence-electron chi connectivity index (χ1n) is 12.8. The van der Waals surface area contributed by atoms with Crippen LogP contribution in [0, 0.1) is 5.92 Å². The largest absolute Gasteiger partial charge is 0.480 e. The van der Waals surface area contributed by atoms with Crippen LogP contribution in [0.5, 0.6) is 0 Å². The summed E-state index contributed by atoms with van der Waals surface area (Å²) in [5.41, 5.74) is -0.248. The summed E-state index contributed by atoms with van der Waals surface area (Å²) in [6.45, 7) is 4.58. The van der Waals surface area contributed by atoms with E-state index < -0.39 is 42.5 Å². The molecule has 0 aliphatic rings. The maximum atomic E-state index is 13.5. The summed E-state index contributed by atoms with van der Waals surface area (Å²) in [5, 5.41) is 25.7. The summed E-state index contributed by atoms with van der Waals surface area (Å²) in [5.74, 6) is -1.99. The van der Waals surface area contributed by atoms with E-state index in [1.165, 1.54) is 24.3 Å². The molecule has 4 rings (SSSR count). The van der Waals surface area contributed by atoms with Gasteiger partial charge in [0.15, 0.2) is 12.5 Å². The Kier molecular flexibility index (Phi) is 8.78. The average Bonchev–Trinajstić information content (AvgIpc) is 3.56. The number of amides is 2. The molecule has 0 saturated carbocycles. The number of anilines is 1. The molecule has 15 heteroatoms. The first-order chi connectivity index (χ1) is 19.9. The lowest BCUT2D eigenvalue weighted by Crippen LogP contribution is -2.44. The number of fused-ring (bicyclic) bond motifs is 1. The van der Waals surface area contributed by atoms with Crippen LogP contribution in [0.2, 0.25) is 0 Å². The number of benzene rings is 2. The van der Waals surface area contributed by atoms with E-state index in [-0.39, 0.29) is 46.3 Å². The van der Waals surface area contributed by atoms with Crippen molar-refractivity contribution >= 4 is 34.6 Å². The van der Waals surface area contributed by atoms with Crippen molar-refractivity contribution in [1.82, 2.24) is 25.5 Å². The summed E-state index contributed by atoms with van der Waals surface area (Å²) in [4.78, 5) is 36.3. The predicted octanol–water partition coefficient (Wildman–Crippen LogP) is 5.10. The molecule has 222 valence electrons. The van der Waals surface area contributed by atoms with Crippen LogP contribution in [-0.2, 0) is 28.9 Å². The molecule has 0 aliphatic heterocycles. The van der Waals surface area contributed by atoms with E-state index in [1.807, 2.05) is 0 Å². The third kappa shape index (κ3) is 6.85. The Hall–Kier alpha value is -4.95. The molecule has 4 aromatic rings. The summed E-state index contributed by atoms with van der Waals surface area (Å²) in [6.07, 6.45) is -4.75. The fourth-order valence-electron chi connectivity index (χ4n) is 4.16. The van der Waals surface area contributed by atoms with E-state index in [1.54, 1.807) is 32.9 Å². The number of aromatic nitrogens is 4. The molecule has 0 spiro atoms. The second-order valence-electron chi connectivity index (χ2n) is 9.70. The molecular formula is C27H27F3N6O6. The number of furan rings is 1. The number of nitrogens with zero attached hydrogens (tertiary/aromatic N) is 4. The minimum atomic E-state index is -4.56. The van der Waals surface area contributed by atoms with Crippen molar-refractivity contribution in [3.8, 4) is 11.6 Å². The van der Waals surface area contributed by atoms with Gasteiger partial charge in [0.05, 0.1) is 5.56 Å². The molecule has 0 radical (unpaired) electrons. The minimum absolute atomic E-state index is 0.00121. The summed E-state index contributed by atoms with van der Waals surface area (Å²) < 4.78 is 52.6. The Morgan fingerprint density at radius 3 is 2.55 bits per heavy atom. The van der Waals surface area contributed by atoms with Crippen LogP contribution in [0.25, 0.3) is 22.6 Å². The van der Waals surface area contributed by atoms with E-state index in [4.69, 9.17) is 9.15 Å². The number of ether oxygens (including phenoxy) is 1. The zero-order valence-corrected chi connectivity index (χ0v) is 22.7. The topological polar surface area (TPSA) is 161 Å². The molecule has 2 heterocycles. The number of alkyl halides is 3. The quantitative estimate of drug-likeness (QED) is 0.229. The van der Waals surface area contributed by atoms with Crippen molar-refractivity contribution in [1.29, 1.82) is 0 Å². The number of tetrazole rings is 1. The van der Waals surface area contributed by atoms with Gasteiger partial charge in [0, 0.05) is 16.6 Å². The highest BCUT2D eigenvalue weighted by Gasteiger charge is 2.33. The third-order valence-electron chi connectivity index (χ3n) is 6.25. The Morgan fingerprint density at radius 2 is 1.88 bits per heavy atom. The molecule has 2 aromatic carbocycles. The number of carboxylic acid groups (broad SMARTS) is 1. The van der Waals surface area contributed by atoms with Gasteiger partial charge in [-0.05, 0) is 58.7 Å². The Labute approximate surface area is 236 Å². The number of aryl methyl sites for hydroxylation is 1. The van der Waals surface area contributed by atoms with Crippen LogP contribution in [-0.4, -0.2) is 49.3 Å². The Morgan fingerprint density at radius 1 is 1.12 bits per heavy atom. The van der Waals surface area contributed by atoms with Gasteiger partial charge in [0.25, 0.3) is 5.91 Å². The van der Waals surface area contributed by atoms with Crippen LogP contribution < -0.4 is 10.6 Å². The van der Waals surface area contributed by atoms with Crippen molar-refractivity contribution in [3.63, 3.8) is 0 Å². The maximum absolute atomic E-state index is 13.5.